The zero-order valence-corrected chi connectivity index (χ0v) is 11.3. The molecule has 2 rings (SSSR count). The lowest BCUT2D eigenvalue weighted by molar-refractivity contribution is 1.03. The molecule has 2 aromatic heterocycles. The number of nitriles is 1. The first kappa shape index (κ1) is 12.8. The van der Waals surface area contributed by atoms with Crippen LogP contribution in [0.5, 0.6) is 0 Å². The quantitative estimate of drug-likeness (QED) is 0.870. The zero-order chi connectivity index (χ0) is 13.0. The highest BCUT2D eigenvalue weighted by atomic mass is 35.5. The zero-order valence-electron chi connectivity index (χ0n) is 9.77. The van der Waals surface area contributed by atoms with Gasteiger partial charge in [-0.3, -0.25) is 0 Å². The van der Waals surface area contributed by atoms with E-state index in [1.165, 1.54) is 11.3 Å². The molecule has 18 heavy (non-hydrogen) atoms. The van der Waals surface area contributed by atoms with E-state index in [9.17, 15) is 0 Å². The Morgan fingerprint density at radius 1 is 1.50 bits per heavy atom. The van der Waals surface area contributed by atoms with Gasteiger partial charge in [-0.25, -0.2) is 9.97 Å². The number of pyridine rings is 1. The van der Waals surface area contributed by atoms with E-state index < -0.39 is 0 Å². The second kappa shape index (κ2) is 5.80. The summed E-state index contributed by atoms with van der Waals surface area (Å²) in [5.41, 5.74) is 2.00. The summed E-state index contributed by atoms with van der Waals surface area (Å²) in [6.45, 7) is 2.04. The van der Waals surface area contributed by atoms with Crippen LogP contribution in [0.25, 0.3) is 0 Å². The lowest BCUT2D eigenvalue weighted by atomic mass is 10.2. The van der Waals surface area contributed by atoms with Crippen molar-refractivity contribution in [3.05, 3.63) is 34.5 Å². The molecule has 0 aliphatic rings. The van der Waals surface area contributed by atoms with Crippen LogP contribution in [0.3, 0.4) is 0 Å². The molecule has 0 fully saturated rings. The third-order valence-electron chi connectivity index (χ3n) is 2.31. The standard InChI is InChI=1S/C12H11ClN4S/c1-2-9-3-8(5-13)4-11(16-9)17-12-15-7-10(6-14)18-12/h3-4,7H,2,5H2,1H3,(H,15,16,17). The van der Waals surface area contributed by atoms with Gasteiger partial charge in [-0.2, -0.15) is 5.26 Å². The van der Waals surface area contributed by atoms with Crippen LogP contribution < -0.4 is 5.32 Å². The molecule has 0 unspecified atom stereocenters. The van der Waals surface area contributed by atoms with Crippen LogP contribution in [-0.4, -0.2) is 9.97 Å². The molecule has 0 saturated carbocycles. The van der Waals surface area contributed by atoms with Crippen LogP contribution in [0, 0.1) is 11.3 Å². The minimum Gasteiger partial charge on any atom is -0.316 e. The number of nitrogens with zero attached hydrogens (tertiary/aromatic N) is 3. The number of halogens is 1. The monoisotopic (exact) mass is 278 g/mol. The van der Waals surface area contributed by atoms with Crippen LogP contribution >= 0.6 is 22.9 Å². The van der Waals surface area contributed by atoms with Crippen molar-refractivity contribution in [1.29, 1.82) is 5.26 Å². The fourth-order valence-corrected chi connectivity index (χ4v) is 2.24. The first-order valence-electron chi connectivity index (χ1n) is 5.44. The summed E-state index contributed by atoms with van der Waals surface area (Å²) in [4.78, 5) is 9.12. The van der Waals surface area contributed by atoms with Crippen LogP contribution in [0.2, 0.25) is 0 Å². The van der Waals surface area contributed by atoms with E-state index in [1.54, 1.807) is 6.20 Å². The van der Waals surface area contributed by atoms with E-state index in [4.69, 9.17) is 16.9 Å². The third-order valence-corrected chi connectivity index (χ3v) is 3.43. The van der Waals surface area contributed by atoms with Crippen molar-refractivity contribution < 1.29 is 0 Å². The van der Waals surface area contributed by atoms with Crippen molar-refractivity contribution in [2.45, 2.75) is 19.2 Å². The predicted molar refractivity (Wildman–Crippen MR) is 73.3 cm³/mol. The Kier molecular flexibility index (Phi) is 4.13. The number of aryl methyl sites for hydroxylation is 1. The minimum absolute atomic E-state index is 0.450. The minimum atomic E-state index is 0.450. The molecule has 6 heteroatoms. The Bertz CT molecular complexity index is 566. The number of hydrogen-bond acceptors (Lipinski definition) is 5. The SMILES string of the molecule is CCc1cc(CCl)cc(Nc2ncc(C#N)s2)n1. The van der Waals surface area contributed by atoms with E-state index in [1.807, 2.05) is 19.1 Å². The largest absolute Gasteiger partial charge is 0.316 e. The Balaban J connectivity index is 2.25. The topological polar surface area (TPSA) is 61.6 Å². The van der Waals surface area contributed by atoms with Crippen molar-refractivity contribution in [2.24, 2.45) is 0 Å². The molecule has 0 saturated heterocycles. The summed E-state index contributed by atoms with van der Waals surface area (Å²) in [6.07, 6.45) is 2.39. The molecule has 0 aliphatic heterocycles. The van der Waals surface area contributed by atoms with Gasteiger partial charge in [0, 0.05) is 11.6 Å². The van der Waals surface area contributed by atoms with Gasteiger partial charge in [0.15, 0.2) is 5.13 Å². The molecular formula is C12H11ClN4S. The maximum absolute atomic E-state index is 8.74. The van der Waals surface area contributed by atoms with Crippen molar-refractivity contribution in [3.63, 3.8) is 0 Å². The lowest BCUT2D eigenvalue weighted by Gasteiger charge is -2.06. The normalized spacial score (nSPS) is 10.1. The van der Waals surface area contributed by atoms with E-state index in [0.29, 0.717) is 21.7 Å². The molecule has 0 radical (unpaired) electrons. The van der Waals surface area contributed by atoms with E-state index in [-0.39, 0.29) is 0 Å². The first-order chi connectivity index (χ1) is 8.75. The molecule has 2 aromatic rings. The summed E-state index contributed by atoms with van der Waals surface area (Å²) < 4.78 is 0. The van der Waals surface area contributed by atoms with Crippen LogP contribution in [0.4, 0.5) is 10.9 Å². The highest BCUT2D eigenvalue weighted by Crippen LogP contribution is 2.22. The molecule has 2 heterocycles. The lowest BCUT2D eigenvalue weighted by Crippen LogP contribution is -1.98. The van der Waals surface area contributed by atoms with E-state index >= 15 is 0 Å². The smallest absolute Gasteiger partial charge is 0.189 e. The van der Waals surface area contributed by atoms with Gasteiger partial charge in [0.05, 0.1) is 6.20 Å². The fraction of sp³-hybridized carbons (Fsp3) is 0.250. The van der Waals surface area contributed by atoms with Crippen LogP contribution in [0.1, 0.15) is 23.1 Å². The number of aromatic nitrogens is 2. The van der Waals surface area contributed by atoms with Gasteiger partial charge in [0.2, 0.25) is 0 Å². The fourth-order valence-electron chi connectivity index (χ4n) is 1.47. The van der Waals surface area contributed by atoms with Gasteiger partial charge in [-0.15, -0.1) is 11.6 Å². The van der Waals surface area contributed by atoms with Gasteiger partial charge in [-0.1, -0.05) is 18.3 Å². The maximum Gasteiger partial charge on any atom is 0.189 e. The summed E-state index contributed by atoms with van der Waals surface area (Å²) in [5, 5.41) is 12.5. The number of thiazole rings is 1. The molecule has 4 nitrogen and oxygen atoms in total. The second-order valence-electron chi connectivity index (χ2n) is 3.61. The summed E-state index contributed by atoms with van der Waals surface area (Å²) in [5.74, 6) is 1.16. The number of alkyl halides is 1. The maximum atomic E-state index is 8.74. The number of nitrogens with one attached hydrogen (secondary N) is 1. The Hall–Kier alpha value is -1.64. The molecule has 0 bridgehead atoms. The van der Waals surface area contributed by atoms with Gasteiger partial charge in [0.25, 0.3) is 0 Å². The van der Waals surface area contributed by atoms with Gasteiger partial charge in [-0.05, 0) is 24.1 Å². The van der Waals surface area contributed by atoms with Crippen molar-refractivity contribution in [2.75, 3.05) is 5.32 Å². The Morgan fingerprint density at radius 3 is 2.94 bits per heavy atom. The van der Waals surface area contributed by atoms with Gasteiger partial charge in [0.1, 0.15) is 16.8 Å². The van der Waals surface area contributed by atoms with Crippen molar-refractivity contribution in [1.82, 2.24) is 9.97 Å². The van der Waals surface area contributed by atoms with Crippen LogP contribution in [-0.2, 0) is 12.3 Å². The third kappa shape index (κ3) is 2.97. The van der Waals surface area contributed by atoms with Gasteiger partial charge < -0.3 is 5.32 Å². The predicted octanol–water partition coefficient (Wildman–Crippen LogP) is 3.45. The summed E-state index contributed by atoms with van der Waals surface area (Å²) >= 11 is 7.14. The molecular weight excluding hydrogens is 268 g/mol. The Labute approximate surface area is 114 Å². The number of anilines is 2. The number of hydrogen-bond donors (Lipinski definition) is 1. The van der Waals surface area contributed by atoms with Gasteiger partial charge >= 0.3 is 0 Å². The Morgan fingerprint density at radius 2 is 2.33 bits per heavy atom. The van der Waals surface area contributed by atoms with Crippen molar-refractivity contribution >= 4 is 33.9 Å². The molecule has 0 aliphatic carbocycles. The molecule has 1 N–H and O–H groups in total. The highest BCUT2D eigenvalue weighted by molar-refractivity contribution is 7.16. The average molecular weight is 279 g/mol. The highest BCUT2D eigenvalue weighted by Gasteiger charge is 2.05. The number of rotatable bonds is 4. The average Bonchev–Trinajstić information content (AvgIpc) is 2.85. The first-order valence-corrected chi connectivity index (χ1v) is 6.79. The summed E-state index contributed by atoms with van der Waals surface area (Å²) in [7, 11) is 0. The summed E-state index contributed by atoms with van der Waals surface area (Å²) in [6, 6.07) is 5.93. The van der Waals surface area contributed by atoms with Crippen molar-refractivity contribution in [3.8, 4) is 6.07 Å². The molecule has 92 valence electrons. The second-order valence-corrected chi connectivity index (χ2v) is 4.90. The molecule has 0 amide bonds. The molecule has 0 spiro atoms. The van der Waals surface area contributed by atoms with E-state index in [0.717, 1.165) is 17.7 Å². The van der Waals surface area contributed by atoms with Crippen LogP contribution in [0.15, 0.2) is 18.3 Å². The molecule has 0 atom stereocenters. The van der Waals surface area contributed by atoms with E-state index in [2.05, 4.69) is 21.4 Å². The molecule has 0 aromatic carbocycles.